The third-order valence-corrected chi connectivity index (χ3v) is 2.07. The predicted molar refractivity (Wildman–Crippen MR) is 52.2 cm³/mol. The standard InChI is InChI=1S/C9H9ClF4N2O/c10-1-6-2-15-7(16-3-6)4-17-5-9(13,14)8(11)12/h2-3,8H,1,4-5H2. The van der Waals surface area contributed by atoms with Crippen LogP contribution in [0.2, 0.25) is 0 Å². The first-order valence-electron chi connectivity index (χ1n) is 4.55. The smallest absolute Gasteiger partial charge is 0.330 e. The van der Waals surface area contributed by atoms with Gasteiger partial charge in [-0.05, 0) is 0 Å². The van der Waals surface area contributed by atoms with E-state index in [1.807, 2.05) is 0 Å². The molecule has 17 heavy (non-hydrogen) atoms. The van der Waals surface area contributed by atoms with E-state index in [0.717, 1.165) is 0 Å². The zero-order valence-corrected chi connectivity index (χ0v) is 9.30. The van der Waals surface area contributed by atoms with Gasteiger partial charge in [-0.25, -0.2) is 18.7 Å². The summed E-state index contributed by atoms with van der Waals surface area (Å²) >= 11 is 5.48. The van der Waals surface area contributed by atoms with E-state index < -0.39 is 19.0 Å². The van der Waals surface area contributed by atoms with Crippen LogP contribution in [0.3, 0.4) is 0 Å². The summed E-state index contributed by atoms with van der Waals surface area (Å²) < 4.78 is 52.8. The number of rotatable bonds is 6. The molecule has 1 heterocycles. The Bertz CT molecular complexity index is 347. The summed E-state index contributed by atoms with van der Waals surface area (Å²) in [7, 11) is 0. The Labute approximate surface area is 99.8 Å². The quantitative estimate of drug-likeness (QED) is 0.590. The van der Waals surface area contributed by atoms with E-state index in [0.29, 0.717) is 5.56 Å². The normalized spacial score (nSPS) is 12.1. The van der Waals surface area contributed by atoms with E-state index in [1.165, 1.54) is 12.4 Å². The van der Waals surface area contributed by atoms with Crippen molar-refractivity contribution in [2.45, 2.75) is 24.8 Å². The summed E-state index contributed by atoms with van der Waals surface area (Å²) in [6.45, 7) is -1.73. The van der Waals surface area contributed by atoms with Crippen LogP contribution in [0.1, 0.15) is 11.4 Å². The second-order valence-corrected chi connectivity index (χ2v) is 3.46. The minimum Gasteiger partial charge on any atom is -0.367 e. The Morgan fingerprint density at radius 3 is 2.35 bits per heavy atom. The third kappa shape index (κ3) is 4.43. The molecular formula is C9H9ClF4N2O. The van der Waals surface area contributed by atoms with Gasteiger partial charge < -0.3 is 4.74 Å². The number of halogens is 5. The van der Waals surface area contributed by atoms with Crippen LogP contribution in [-0.2, 0) is 17.2 Å². The molecular weight excluding hydrogens is 264 g/mol. The highest BCUT2D eigenvalue weighted by Gasteiger charge is 2.40. The van der Waals surface area contributed by atoms with E-state index in [1.54, 1.807) is 0 Å². The molecule has 0 fully saturated rings. The fraction of sp³-hybridized carbons (Fsp3) is 0.556. The average Bonchev–Trinajstić information content (AvgIpc) is 2.29. The molecule has 1 aromatic rings. The number of nitrogens with zero attached hydrogens (tertiary/aromatic N) is 2. The number of ether oxygens (including phenoxy) is 1. The van der Waals surface area contributed by atoms with Gasteiger partial charge in [-0.1, -0.05) is 0 Å². The topological polar surface area (TPSA) is 35.0 Å². The van der Waals surface area contributed by atoms with Crippen LogP contribution < -0.4 is 0 Å². The van der Waals surface area contributed by atoms with Crippen LogP contribution in [0.4, 0.5) is 17.6 Å². The second-order valence-electron chi connectivity index (χ2n) is 3.20. The monoisotopic (exact) mass is 272 g/mol. The van der Waals surface area contributed by atoms with Gasteiger partial charge in [-0.3, -0.25) is 0 Å². The van der Waals surface area contributed by atoms with Crippen molar-refractivity contribution in [3.05, 3.63) is 23.8 Å². The van der Waals surface area contributed by atoms with Crippen LogP contribution in [0, 0.1) is 0 Å². The first-order chi connectivity index (χ1) is 7.95. The van der Waals surface area contributed by atoms with Crippen LogP contribution in [0.15, 0.2) is 12.4 Å². The van der Waals surface area contributed by atoms with Crippen molar-refractivity contribution in [3.8, 4) is 0 Å². The fourth-order valence-electron chi connectivity index (χ4n) is 0.866. The third-order valence-electron chi connectivity index (χ3n) is 1.76. The van der Waals surface area contributed by atoms with Crippen LogP contribution in [0.5, 0.6) is 0 Å². The molecule has 0 bridgehead atoms. The lowest BCUT2D eigenvalue weighted by Crippen LogP contribution is -2.32. The minimum absolute atomic E-state index is 0.129. The molecule has 0 aliphatic rings. The number of hydrogen-bond donors (Lipinski definition) is 0. The number of hydrogen-bond acceptors (Lipinski definition) is 3. The first kappa shape index (κ1) is 14.1. The van der Waals surface area contributed by atoms with Gasteiger partial charge in [0.1, 0.15) is 13.2 Å². The Morgan fingerprint density at radius 1 is 1.29 bits per heavy atom. The predicted octanol–water partition coefficient (Wildman–Crippen LogP) is 2.63. The van der Waals surface area contributed by atoms with Gasteiger partial charge in [0.25, 0.3) is 0 Å². The number of alkyl halides is 5. The van der Waals surface area contributed by atoms with E-state index in [2.05, 4.69) is 14.7 Å². The number of aromatic nitrogens is 2. The van der Waals surface area contributed by atoms with Crippen molar-refractivity contribution in [3.63, 3.8) is 0 Å². The summed E-state index contributed by atoms with van der Waals surface area (Å²) in [5.41, 5.74) is 0.660. The molecule has 0 spiro atoms. The molecule has 0 aliphatic carbocycles. The molecule has 0 aliphatic heterocycles. The van der Waals surface area contributed by atoms with Crippen LogP contribution in [-0.4, -0.2) is 28.9 Å². The van der Waals surface area contributed by atoms with Crippen molar-refractivity contribution < 1.29 is 22.3 Å². The van der Waals surface area contributed by atoms with E-state index in [4.69, 9.17) is 11.6 Å². The lowest BCUT2D eigenvalue weighted by atomic mass is 10.4. The molecule has 1 aromatic heterocycles. The molecule has 0 unspecified atom stereocenters. The SMILES string of the molecule is FC(F)C(F)(F)COCc1ncc(CCl)cn1. The second kappa shape index (κ2) is 6.11. The lowest BCUT2D eigenvalue weighted by molar-refractivity contribution is -0.168. The molecule has 0 atom stereocenters. The van der Waals surface area contributed by atoms with E-state index >= 15 is 0 Å². The molecule has 0 N–H and O–H groups in total. The summed E-state index contributed by atoms with van der Waals surface area (Å²) in [6, 6.07) is 0. The van der Waals surface area contributed by atoms with Gasteiger partial charge in [0.2, 0.25) is 0 Å². The van der Waals surface area contributed by atoms with Crippen molar-refractivity contribution in [1.29, 1.82) is 0 Å². The van der Waals surface area contributed by atoms with Crippen molar-refractivity contribution in [1.82, 2.24) is 9.97 Å². The largest absolute Gasteiger partial charge is 0.367 e. The molecule has 0 amide bonds. The van der Waals surface area contributed by atoms with Crippen molar-refractivity contribution in [2.24, 2.45) is 0 Å². The van der Waals surface area contributed by atoms with Gasteiger partial charge in [0.15, 0.2) is 5.82 Å². The summed E-state index contributed by atoms with van der Waals surface area (Å²) in [5, 5.41) is 0. The molecule has 1 rings (SSSR count). The average molecular weight is 273 g/mol. The summed E-state index contributed by atoms with van der Waals surface area (Å²) in [5.74, 6) is -3.80. The summed E-state index contributed by atoms with van der Waals surface area (Å²) in [4.78, 5) is 7.52. The maximum absolute atomic E-state index is 12.4. The molecule has 3 nitrogen and oxygen atoms in total. The Hall–Kier alpha value is -0.950. The van der Waals surface area contributed by atoms with Gasteiger partial charge in [-0.15, -0.1) is 11.6 Å². The molecule has 96 valence electrons. The minimum atomic E-state index is -4.16. The zero-order chi connectivity index (χ0) is 12.9. The maximum atomic E-state index is 12.4. The lowest BCUT2D eigenvalue weighted by Gasteiger charge is -2.14. The highest BCUT2D eigenvalue weighted by atomic mass is 35.5. The maximum Gasteiger partial charge on any atom is 0.330 e. The fourth-order valence-corrected chi connectivity index (χ4v) is 1.00. The molecule has 0 saturated heterocycles. The highest BCUT2D eigenvalue weighted by Crippen LogP contribution is 2.23. The molecule has 0 radical (unpaired) electrons. The molecule has 0 saturated carbocycles. The molecule has 0 aromatic carbocycles. The van der Waals surface area contributed by atoms with Crippen molar-refractivity contribution in [2.75, 3.05) is 6.61 Å². The van der Waals surface area contributed by atoms with Crippen LogP contribution >= 0.6 is 11.6 Å². The highest BCUT2D eigenvalue weighted by molar-refractivity contribution is 6.17. The van der Waals surface area contributed by atoms with Gasteiger partial charge in [0.05, 0.1) is 5.88 Å². The Balaban J connectivity index is 2.40. The summed E-state index contributed by atoms with van der Waals surface area (Å²) in [6.07, 6.45) is -0.935. The zero-order valence-electron chi connectivity index (χ0n) is 8.55. The van der Waals surface area contributed by atoms with Crippen molar-refractivity contribution >= 4 is 11.6 Å². The van der Waals surface area contributed by atoms with Crippen LogP contribution in [0.25, 0.3) is 0 Å². The van der Waals surface area contributed by atoms with Gasteiger partial charge in [0, 0.05) is 18.0 Å². The van der Waals surface area contributed by atoms with Gasteiger partial charge in [-0.2, -0.15) is 8.78 Å². The first-order valence-corrected chi connectivity index (χ1v) is 5.08. The van der Waals surface area contributed by atoms with Gasteiger partial charge >= 0.3 is 12.3 Å². The van der Waals surface area contributed by atoms with E-state index in [-0.39, 0.29) is 18.3 Å². The molecule has 8 heteroatoms. The Kier molecular flexibility index (Phi) is 5.07. The Morgan fingerprint density at radius 2 is 1.88 bits per heavy atom. The van der Waals surface area contributed by atoms with E-state index in [9.17, 15) is 17.6 Å².